The summed E-state index contributed by atoms with van der Waals surface area (Å²) in [6.45, 7) is 3.57. The molecule has 0 aromatic carbocycles. The molecule has 0 heterocycles. The molecule has 0 spiro atoms. The first-order chi connectivity index (χ1) is 5.36. The molecule has 0 bridgehead atoms. The van der Waals surface area contributed by atoms with Gasteiger partial charge in [-0.15, -0.1) is 5.73 Å². The molecule has 1 aliphatic carbocycles. The molecular weight excluding hydrogens is 136 g/mol. The van der Waals surface area contributed by atoms with Crippen LogP contribution in [0.5, 0.6) is 0 Å². The Kier molecular flexibility index (Phi) is 2.76. The molecule has 1 fully saturated rings. The monoisotopic (exact) mass is 148 g/mol. The molecule has 1 saturated carbocycles. The van der Waals surface area contributed by atoms with Gasteiger partial charge in [0.15, 0.2) is 0 Å². The minimum Gasteiger partial charge on any atom is -0.516 e. The maximum Gasteiger partial charge on any atom is 0.0787 e. The van der Waals surface area contributed by atoms with Crippen molar-refractivity contribution < 1.29 is 5.11 Å². The Balaban J connectivity index is 2.68. The van der Waals surface area contributed by atoms with Gasteiger partial charge < -0.3 is 5.11 Å². The Labute approximate surface area is 67.1 Å². The van der Waals surface area contributed by atoms with E-state index in [-0.39, 0.29) is 0 Å². The van der Waals surface area contributed by atoms with Gasteiger partial charge in [0.2, 0.25) is 0 Å². The van der Waals surface area contributed by atoms with Crippen LogP contribution in [0.1, 0.15) is 19.3 Å². The molecule has 1 aliphatic rings. The summed E-state index contributed by atoms with van der Waals surface area (Å²) in [5, 5.41) is 8.68. The van der Waals surface area contributed by atoms with Gasteiger partial charge in [0.05, 0.1) is 6.26 Å². The van der Waals surface area contributed by atoms with Crippen molar-refractivity contribution in [2.24, 2.45) is 0 Å². The van der Waals surface area contributed by atoms with Crippen molar-refractivity contribution in [1.82, 2.24) is 0 Å². The summed E-state index contributed by atoms with van der Waals surface area (Å²) >= 11 is 0. The van der Waals surface area contributed by atoms with E-state index in [0.717, 1.165) is 24.8 Å². The predicted octanol–water partition coefficient (Wildman–Crippen LogP) is 2.88. The van der Waals surface area contributed by atoms with Crippen molar-refractivity contribution >= 4 is 0 Å². The maximum atomic E-state index is 8.68. The summed E-state index contributed by atoms with van der Waals surface area (Å²) in [6, 6.07) is 0. The van der Waals surface area contributed by atoms with Crippen LogP contribution in [0.2, 0.25) is 0 Å². The second-order valence-corrected chi connectivity index (χ2v) is 2.61. The number of hydrogen-bond donors (Lipinski definition) is 1. The molecule has 1 nitrogen and oxygen atoms in total. The molecule has 0 aromatic heterocycles. The zero-order valence-corrected chi connectivity index (χ0v) is 6.51. The maximum absolute atomic E-state index is 8.68. The lowest BCUT2D eigenvalue weighted by Crippen LogP contribution is -1.69. The van der Waals surface area contributed by atoms with Crippen LogP contribution in [0.4, 0.5) is 0 Å². The van der Waals surface area contributed by atoms with Crippen molar-refractivity contribution in [3.8, 4) is 0 Å². The first-order valence-electron chi connectivity index (χ1n) is 3.74. The summed E-state index contributed by atoms with van der Waals surface area (Å²) in [5.41, 5.74) is 5.47. The van der Waals surface area contributed by atoms with Crippen LogP contribution in [0, 0.1) is 0 Å². The second kappa shape index (κ2) is 3.85. The Morgan fingerprint density at radius 3 is 2.82 bits per heavy atom. The van der Waals surface area contributed by atoms with Crippen molar-refractivity contribution in [2.45, 2.75) is 19.3 Å². The van der Waals surface area contributed by atoms with E-state index in [1.165, 1.54) is 11.8 Å². The van der Waals surface area contributed by atoms with Gasteiger partial charge in [0.25, 0.3) is 0 Å². The lowest BCUT2D eigenvalue weighted by atomic mass is 10.2. The highest BCUT2D eigenvalue weighted by Gasteiger charge is 2.10. The number of aliphatic hydroxyl groups is 1. The molecule has 11 heavy (non-hydrogen) atoms. The van der Waals surface area contributed by atoms with E-state index in [4.69, 9.17) is 5.11 Å². The SMILES string of the molecule is C=CC=C=C1CC/C(=C/O)C1. The van der Waals surface area contributed by atoms with Gasteiger partial charge in [-0.1, -0.05) is 12.7 Å². The van der Waals surface area contributed by atoms with Gasteiger partial charge in [-0.05, 0) is 30.1 Å². The zero-order valence-electron chi connectivity index (χ0n) is 6.51. The molecule has 0 atom stereocenters. The molecule has 0 amide bonds. The molecule has 1 N–H and O–H groups in total. The third-order valence-corrected chi connectivity index (χ3v) is 1.78. The molecule has 1 heteroatoms. The molecule has 0 unspecified atom stereocenters. The van der Waals surface area contributed by atoms with E-state index in [0.29, 0.717) is 0 Å². The number of aliphatic hydroxyl groups excluding tert-OH is 1. The Hall–Kier alpha value is -1.20. The molecule has 0 aromatic rings. The van der Waals surface area contributed by atoms with Crippen LogP contribution in [0.3, 0.4) is 0 Å². The minimum atomic E-state index is 0.876. The van der Waals surface area contributed by atoms with Crippen LogP contribution in [0.15, 0.2) is 41.9 Å². The van der Waals surface area contributed by atoms with Crippen molar-refractivity contribution in [3.05, 3.63) is 41.9 Å². The highest BCUT2D eigenvalue weighted by Crippen LogP contribution is 2.27. The normalized spacial score (nSPS) is 20.0. The van der Waals surface area contributed by atoms with E-state index in [1.807, 2.05) is 6.08 Å². The molecule has 0 aliphatic heterocycles. The smallest absolute Gasteiger partial charge is 0.0787 e. The standard InChI is InChI=1S/C10H12O/c1-2-3-4-9-5-6-10(7-9)8-11/h2-3,8,11H,1,5-7H2/b10-8-. The van der Waals surface area contributed by atoms with Gasteiger partial charge in [-0.25, -0.2) is 0 Å². The lowest BCUT2D eigenvalue weighted by molar-refractivity contribution is 0.465. The van der Waals surface area contributed by atoms with Gasteiger partial charge in [-0.2, -0.15) is 0 Å². The van der Waals surface area contributed by atoms with E-state index in [1.54, 1.807) is 6.08 Å². The third-order valence-electron chi connectivity index (χ3n) is 1.78. The Bertz CT molecular complexity index is 240. The summed E-state index contributed by atoms with van der Waals surface area (Å²) in [7, 11) is 0. The quantitative estimate of drug-likeness (QED) is 0.344. The summed E-state index contributed by atoms with van der Waals surface area (Å²) in [6.07, 6.45) is 7.62. The first-order valence-corrected chi connectivity index (χ1v) is 3.74. The molecule has 0 saturated heterocycles. The molecule has 58 valence electrons. The topological polar surface area (TPSA) is 20.2 Å². The third kappa shape index (κ3) is 2.14. The summed E-state index contributed by atoms with van der Waals surface area (Å²) in [5.74, 6) is 0. The van der Waals surface area contributed by atoms with Crippen LogP contribution in [0.25, 0.3) is 0 Å². The van der Waals surface area contributed by atoms with Crippen molar-refractivity contribution in [1.29, 1.82) is 0 Å². The zero-order chi connectivity index (χ0) is 8.10. The number of hydrogen-bond acceptors (Lipinski definition) is 1. The van der Waals surface area contributed by atoms with Crippen LogP contribution in [-0.2, 0) is 0 Å². The number of rotatable bonds is 1. The predicted molar refractivity (Wildman–Crippen MR) is 46.4 cm³/mol. The van der Waals surface area contributed by atoms with E-state index in [2.05, 4.69) is 12.3 Å². The lowest BCUT2D eigenvalue weighted by Gasteiger charge is -1.86. The Morgan fingerprint density at radius 1 is 1.45 bits per heavy atom. The fourth-order valence-corrected chi connectivity index (χ4v) is 1.17. The Morgan fingerprint density at radius 2 is 2.27 bits per heavy atom. The molecule has 0 radical (unpaired) electrons. The highest BCUT2D eigenvalue weighted by molar-refractivity contribution is 5.22. The van der Waals surface area contributed by atoms with Gasteiger partial charge in [0.1, 0.15) is 0 Å². The van der Waals surface area contributed by atoms with Gasteiger partial charge in [0, 0.05) is 6.42 Å². The van der Waals surface area contributed by atoms with Gasteiger partial charge >= 0.3 is 0 Å². The average molecular weight is 148 g/mol. The fourth-order valence-electron chi connectivity index (χ4n) is 1.17. The van der Waals surface area contributed by atoms with E-state index in [9.17, 15) is 0 Å². The van der Waals surface area contributed by atoms with Crippen LogP contribution >= 0.6 is 0 Å². The number of allylic oxidation sites excluding steroid dienone is 3. The van der Waals surface area contributed by atoms with Crippen molar-refractivity contribution in [3.63, 3.8) is 0 Å². The van der Waals surface area contributed by atoms with Crippen molar-refractivity contribution in [2.75, 3.05) is 0 Å². The first kappa shape index (κ1) is 7.90. The van der Waals surface area contributed by atoms with Crippen LogP contribution in [-0.4, -0.2) is 5.11 Å². The summed E-state index contributed by atoms with van der Waals surface area (Å²) in [4.78, 5) is 0. The minimum absolute atomic E-state index is 0.876. The van der Waals surface area contributed by atoms with E-state index < -0.39 is 0 Å². The highest BCUT2D eigenvalue weighted by atomic mass is 16.2. The average Bonchev–Trinajstić information content (AvgIpc) is 2.48. The summed E-state index contributed by atoms with van der Waals surface area (Å²) < 4.78 is 0. The van der Waals surface area contributed by atoms with Crippen LogP contribution < -0.4 is 0 Å². The largest absolute Gasteiger partial charge is 0.516 e. The van der Waals surface area contributed by atoms with E-state index >= 15 is 0 Å². The fraction of sp³-hybridized carbons (Fsp3) is 0.300. The second-order valence-electron chi connectivity index (χ2n) is 2.61. The molecular formula is C10H12O. The molecule has 1 rings (SSSR count). The van der Waals surface area contributed by atoms with Gasteiger partial charge in [-0.3, -0.25) is 0 Å².